The highest BCUT2D eigenvalue weighted by atomic mass is 79.9. The maximum atomic E-state index is 5.85. The average molecular weight is 322 g/mol. The summed E-state index contributed by atoms with van der Waals surface area (Å²) < 4.78 is 12.0. The molecule has 0 saturated heterocycles. The summed E-state index contributed by atoms with van der Waals surface area (Å²) in [7, 11) is 1.62. The predicted octanol–water partition coefficient (Wildman–Crippen LogP) is 4.27. The van der Waals surface area contributed by atoms with Gasteiger partial charge in [0.05, 0.1) is 11.6 Å². The van der Waals surface area contributed by atoms with Crippen LogP contribution in [0, 0.1) is 0 Å². The molecule has 0 heterocycles. The number of hydrogen-bond acceptors (Lipinski definition) is 3. The molecule has 0 bridgehead atoms. The summed E-state index contributed by atoms with van der Waals surface area (Å²) in [6.45, 7) is 1.95. The van der Waals surface area contributed by atoms with Crippen LogP contribution >= 0.6 is 15.9 Å². The van der Waals surface area contributed by atoms with Gasteiger partial charge in [0.15, 0.2) is 11.5 Å². The molecule has 100 valence electrons. The van der Waals surface area contributed by atoms with Crippen LogP contribution < -0.4 is 15.2 Å². The Kier molecular flexibility index (Phi) is 4.45. The zero-order valence-electron chi connectivity index (χ0n) is 10.9. The quantitative estimate of drug-likeness (QED) is 0.914. The third-order valence-corrected chi connectivity index (χ3v) is 3.39. The van der Waals surface area contributed by atoms with Crippen LogP contribution in [-0.2, 0) is 0 Å². The van der Waals surface area contributed by atoms with E-state index in [0.29, 0.717) is 11.5 Å². The van der Waals surface area contributed by atoms with Crippen molar-refractivity contribution in [1.29, 1.82) is 0 Å². The largest absolute Gasteiger partial charge is 0.493 e. The van der Waals surface area contributed by atoms with Crippen LogP contribution in [0.2, 0.25) is 0 Å². The lowest BCUT2D eigenvalue weighted by Crippen LogP contribution is -2.04. The lowest BCUT2D eigenvalue weighted by molar-refractivity contribution is 0.378. The Hall–Kier alpha value is -1.52. The molecule has 19 heavy (non-hydrogen) atoms. The van der Waals surface area contributed by atoms with Gasteiger partial charge in [0.25, 0.3) is 0 Å². The molecule has 2 aromatic rings. The van der Waals surface area contributed by atoms with Gasteiger partial charge in [0.2, 0.25) is 0 Å². The van der Waals surface area contributed by atoms with Crippen molar-refractivity contribution in [1.82, 2.24) is 0 Å². The van der Waals surface area contributed by atoms with Crippen molar-refractivity contribution in [2.75, 3.05) is 7.11 Å². The third-order valence-electron chi connectivity index (χ3n) is 2.77. The number of ether oxygens (including phenoxy) is 2. The summed E-state index contributed by atoms with van der Waals surface area (Å²) in [6.07, 6.45) is 0. The summed E-state index contributed by atoms with van der Waals surface area (Å²) in [5.41, 5.74) is 6.90. The number of hydrogen-bond donors (Lipinski definition) is 1. The molecule has 0 aromatic heterocycles. The van der Waals surface area contributed by atoms with E-state index in [1.807, 2.05) is 49.4 Å². The highest BCUT2D eigenvalue weighted by Crippen LogP contribution is 2.35. The first kappa shape index (κ1) is 13.9. The zero-order valence-corrected chi connectivity index (χ0v) is 12.5. The lowest BCUT2D eigenvalue weighted by Gasteiger charge is -2.13. The van der Waals surface area contributed by atoms with Crippen molar-refractivity contribution in [3.63, 3.8) is 0 Å². The Morgan fingerprint density at radius 1 is 1.05 bits per heavy atom. The molecule has 2 rings (SSSR count). The molecule has 0 aliphatic rings. The molecule has 0 unspecified atom stereocenters. The smallest absolute Gasteiger partial charge is 0.169 e. The Balaban J connectivity index is 2.28. The van der Waals surface area contributed by atoms with Crippen LogP contribution in [0.4, 0.5) is 0 Å². The van der Waals surface area contributed by atoms with E-state index in [1.54, 1.807) is 7.11 Å². The topological polar surface area (TPSA) is 44.5 Å². The number of para-hydroxylation sites is 2. The molecule has 0 spiro atoms. The fourth-order valence-corrected chi connectivity index (χ4v) is 2.18. The van der Waals surface area contributed by atoms with E-state index in [2.05, 4.69) is 15.9 Å². The van der Waals surface area contributed by atoms with Crippen molar-refractivity contribution in [3.8, 4) is 17.2 Å². The van der Waals surface area contributed by atoms with Gasteiger partial charge in [-0.15, -0.1) is 0 Å². The maximum Gasteiger partial charge on any atom is 0.169 e. The second-order valence-electron chi connectivity index (χ2n) is 4.23. The van der Waals surface area contributed by atoms with E-state index in [-0.39, 0.29) is 6.04 Å². The van der Waals surface area contributed by atoms with Crippen molar-refractivity contribution >= 4 is 15.9 Å². The van der Waals surface area contributed by atoms with Crippen molar-refractivity contribution in [3.05, 3.63) is 52.5 Å². The van der Waals surface area contributed by atoms with Crippen molar-refractivity contribution in [2.24, 2.45) is 5.73 Å². The minimum absolute atomic E-state index is 0.00314. The van der Waals surface area contributed by atoms with E-state index < -0.39 is 0 Å². The molecule has 2 aromatic carbocycles. The van der Waals surface area contributed by atoms with E-state index in [1.165, 1.54) is 0 Å². The van der Waals surface area contributed by atoms with E-state index in [9.17, 15) is 0 Å². The Bertz CT molecular complexity index is 570. The monoisotopic (exact) mass is 321 g/mol. The van der Waals surface area contributed by atoms with Gasteiger partial charge >= 0.3 is 0 Å². The van der Waals surface area contributed by atoms with Gasteiger partial charge in [-0.05, 0) is 52.7 Å². The molecular formula is C15H16BrNO2. The Morgan fingerprint density at radius 2 is 1.74 bits per heavy atom. The predicted molar refractivity (Wildman–Crippen MR) is 79.8 cm³/mol. The highest BCUT2D eigenvalue weighted by molar-refractivity contribution is 9.10. The van der Waals surface area contributed by atoms with Crippen LogP contribution in [0.1, 0.15) is 18.5 Å². The number of halogens is 1. The Labute approximate surface area is 121 Å². The van der Waals surface area contributed by atoms with Gasteiger partial charge in [0, 0.05) is 6.04 Å². The van der Waals surface area contributed by atoms with Gasteiger partial charge in [-0.3, -0.25) is 0 Å². The summed E-state index contributed by atoms with van der Waals surface area (Å²) in [6, 6.07) is 13.4. The molecule has 2 N–H and O–H groups in total. The zero-order chi connectivity index (χ0) is 13.8. The molecule has 0 aliphatic heterocycles. The van der Waals surface area contributed by atoms with Gasteiger partial charge in [0.1, 0.15) is 5.75 Å². The number of rotatable bonds is 4. The summed E-state index contributed by atoms with van der Waals surface area (Å²) in [4.78, 5) is 0. The lowest BCUT2D eigenvalue weighted by atomic mass is 10.1. The minimum Gasteiger partial charge on any atom is -0.493 e. The SMILES string of the molecule is COc1ccccc1Oc1ccc([C@H](C)N)cc1Br. The van der Waals surface area contributed by atoms with E-state index in [4.69, 9.17) is 15.2 Å². The number of nitrogens with two attached hydrogens (primary N) is 1. The van der Waals surface area contributed by atoms with Crippen LogP contribution in [0.3, 0.4) is 0 Å². The summed E-state index contributed by atoms with van der Waals surface area (Å²) in [5.74, 6) is 2.11. The highest BCUT2D eigenvalue weighted by Gasteiger charge is 2.09. The fourth-order valence-electron chi connectivity index (χ4n) is 1.70. The van der Waals surface area contributed by atoms with Gasteiger partial charge < -0.3 is 15.2 Å². The summed E-state index contributed by atoms with van der Waals surface area (Å²) >= 11 is 3.50. The summed E-state index contributed by atoms with van der Waals surface area (Å²) in [5, 5.41) is 0. The molecule has 0 radical (unpaired) electrons. The molecule has 0 aliphatic carbocycles. The molecule has 0 fully saturated rings. The van der Waals surface area contributed by atoms with E-state index in [0.717, 1.165) is 15.8 Å². The van der Waals surface area contributed by atoms with Crippen molar-refractivity contribution in [2.45, 2.75) is 13.0 Å². The molecule has 4 heteroatoms. The molecular weight excluding hydrogens is 306 g/mol. The maximum absolute atomic E-state index is 5.85. The second kappa shape index (κ2) is 6.08. The number of benzene rings is 2. The van der Waals surface area contributed by atoms with Crippen molar-refractivity contribution < 1.29 is 9.47 Å². The standard InChI is InChI=1S/C15H16BrNO2/c1-10(17)11-7-8-13(12(16)9-11)19-15-6-4-3-5-14(15)18-2/h3-10H,17H2,1-2H3/t10-/m0/s1. The Morgan fingerprint density at radius 3 is 2.32 bits per heavy atom. The average Bonchev–Trinajstić information content (AvgIpc) is 2.41. The van der Waals surface area contributed by atoms with Gasteiger partial charge in [-0.25, -0.2) is 0 Å². The second-order valence-corrected chi connectivity index (χ2v) is 5.09. The van der Waals surface area contributed by atoms with Gasteiger partial charge in [-0.2, -0.15) is 0 Å². The van der Waals surface area contributed by atoms with Crippen LogP contribution in [0.15, 0.2) is 46.9 Å². The fraction of sp³-hybridized carbons (Fsp3) is 0.200. The first-order chi connectivity index (χ1) is 9.11. The van der Waals surface area contributed by atoms with Crippen LogP contribution in [0.5, 0.6) is 17.2 Å². The van der Waals surface area contributed by atoms with Crippen LogP contribution in [0.25, 0.3) is 0 Å². The first-order valence-electron chi connectivity index (χ1n) is 5.97. The van der Waals surface area contributed by atoms with Crippen LogP contribution in [-0.4, -0.2) is 7.11 Å². The first-order valence-corrected chi connectivity index (χ1v) is 6.77. The molecule has 3 nitrogen and oxygen atoms in total. The normalized spacial score (nSPS) is 12.0. The third kappa shape index (κ3) is 3.28. The molecule has 0 saturated carbocycles. The number of methoxy groups -OCH3 is 1. The van der Waals surface area contributed by atoms with E-state index >= 15 is 0 Å². The van der Waals surface area contributed by atoms with Gasteiger partial charge in [-0.1, -0.05) is 18.2 Å². The molecule has 1 atom stereocenters. The minimum atomic E-state index is -0.00314. The molecule has 0 amide bonds.